The molecule has 5 heteroatoms. The number of hydrogen-bond acceptors (Lipinski definition) is 4. The van der Waals surface area contributed by atoms with Crippen molar-refractivity contribution < 1.29 is 9.53 Å². The van der Waals surface area contributed by atoms with E-state index in [1.165, 1.54) is 11.5 Å². The molecule has 0 radical (unpaired) electrons. The van der Waals surface area contributed by atoms with E-state index < -0.39 is 0 Å². The molecule has 0 bridgehead atoms. The Balaban J connectivity index is 1.81. The lowest BCUT2D eigenvalue weighted by atomic mass is 10.1. The molecule has 0 saturated carbocycles. The van der Waals surface area contributed by atoms with Crippen molar-refractivity contribution in [3.63, 3.8) is 0 Å². The van der Waals surface area contributed by atoms with Gasteiger partial charge in [-0.05, 0) is 48.6 Å². The first-order chi connectivity index (χ1) is 9.19. The number of carbonyl (C=O) groups excluding carboxylic acids is 1. The Hall–Kier alpha value is -1.88. The fourth-order valence-electron chi connectivity index (χ4n) is 1.68. The maximum atomic E-state index is 11.8. The third kappa shape index (κ3) is 3.79. The van der Waals surface area contributed by atoms with Crippen LogP contribution in [0.15, 0.2) is 30.3 Å². The second kappa shape index (κ2) is 6.33. The second-order valence-electron chi connectivity index (χ2n) is 4.18. The van der Waals surface area contributed by atoms with Gasteiger partial charge in [0.05, 0.1) is 7.11 Å². The summed E-state index contributed by atoms with van der Waals surface area (Å²) in [5.74, 6) is 0.726. The molecule has 0 fully saturated rings. The van der Waals surface area contributed by atoms with Crippen LogP contribution in [0.2, 0.25) is 0 Å². The fourth-order valence-corrected chi connectivity index (χ4v) is 2.22. The summed E-state index contributed by atoms with van der Waals surface area (Å²) in [5.41, 5.74) is 1.66. The molecule has 0 aliphatic heterocycles. The van der Waals surface area contributed by atoms with Gasteiger partial charge in [0, 0.05) is 11.4 Å². The van der Waals surface area contributed by atoms with Gasteiger partial charge < -0.3 is 10.1 Å². The Morgan fingerprint density at radius 1 is 1.37 bits per heavy atom. The topological polar surface area (TPSA) is 51.2 Å². The molecule has 1 aromatic carbocycles. The zero-order chi connectivity index (χ0) is 13.7. The van der Waals surface area contributed by atoms with Gasteiger partial charge in [-0.3, -0.25) is 4.79 Å². The van der Waals surface area contributed by atoms with Crippen LogP contribution in [0.3, 0.4) is 0 Å². The standard InChI is InChI=1S/C14H16N2O2S/c1-10-9-13(16-19-10)14(17)15-8-7-11-3-5-12(18-2)6-4-11/h3-6,9H,7-8H2,1-2H3,(H,15,17). The molecule has 0 aliphatic rings. The highest BCUT2D eigenvalue weighted by Gasteiger charge is 2.08. The SMILES string of the molecule is COc1ccc(CCNC(=O)c2cc(C)sn2)cc1. The van der Waals surface area contributed by atoms with Crippen LogP contribution in [0.5, 0.6) is 5.75 Å². The number of rotatable bonds is 5. The van der Waals surface area contributed by atoms with Crippen molar-refractivity contribution in [2.24, 2.45) is 0 Å². The van der Waals surface area contributed by atoms with Gasteiger partial charge in [0.25, 0.3) is 5.91 Å². The number of amides is 1. The number of methoxy groups -OCH3 is 1. The number of benzene rings is 1. The molecular formula is C14H16N2O2S. The Morgan fingerprint density at radius 2 is 2.11 bits per heavy atom. The quantitative estimate of drug-likeness (QED) is 0.912. The Bertz CT molecular complexity index is 549. The minimum absolute atomic E-state index is 0.113. The van der Waals surface area contributed by atoms with E-state index in [1.807, 2.05) is 31.2 Å². The number of hydrogen-bond donors (Lipinski definition) is 1. The van der Waals surface area contributed by atoms with E-state index >= 15 is 0 Å². The Labute approximate surface area is 116 Å². The van der Waals surface area contributed by atoms with Gasteiger partial charge in [-0.15, -0.1) is 0 Å². The Kier molecular flexibility index (Phi) is 4.52. The van der Waals surface area contributed by atoms with E-state index in [1.54, 1.807) is 13.2 Å². The summed E-state index contributed by atoms with van der Waals surface area (Å²) >= 11 is 1.34. The molecule has 4 nitrogen and oxygen atoms in total. The highest BCUT2D eigenvalue weighted by Crippen LogP contribution is 2.11. The summed E-state index contributed by atoms with van der Waals surface area (Å²) in [6, 6.07) is 9.63. The molecule has 2 rings (SSSR count). The zero-order valence-electron chi connectivity index (χ0n) is 11.0. The van der Waals surface area contributed by atoms with E-state index in [0.29, 0.717) is 12.2 Å². The highest BCUT2D eigenvalue weighted by atomic mass is 32.1. The van der Waals surface area contributed by atoms with Crippen molar-refractivity contribution in [3.05, 3.63) is 46.5 Å². The van der Waals surface area contributed by atoms with Gasteiger partial charge in [0.2, 0.25) is 0 Å². The fraction of sp³-hybridized carbons (Fsp3) is 0.286. The molecule has 2 aromatic rings. The van der Waals surface area contributed by atoms with E-state index in [0.717, 1.165) is 22.6 Å². The average Bonchev–Trinajstić information content (AvgIpc) is 2.86. The van der Waals surface area contributed by atoms with Crippen molar-refractivity contribution >= 4 is 17.4 Å². The molecule has 1 N–H and O–H groups in total. The third-order valence-electron chi connectivity index (χ3n) is 2.72. The van der Waals surface area contributed by atoms with Crippen molar-refractivity contribution in [1.29, 1.82) is 0 Å². The van der Waals surface area contributed by atoms with E-state index in [4.69, 9.17) is 4.74 Å². The number of aromatic nitrogens is 1. The van der Waals surface area contributed by atoms with Crippen LogP contribution in [0.4, 0.5) is 0 Å². The summed E-state index contributed by atoms with van der Waals surface area (Å²) < 4.78 is 9.17. The van der Waals surface area contributed by atoms with Crippen molar-refractivity contribution in [2.45, 2.75) is 13.3 Å². The van der Waals surface area contributed by atoms with E-state index in [2.05, 4.69) is 9.69 Å². The molecule has 0 unspecified atom stereocenters. The smallest absolute Gasteiger partial charge is 0.271 e. The van der Waals surface area contributed by atoms with E-state index in [9.17, 15) is 4.79 Å². The molecular weight excluding hydrogens is 260 g/mol. The van der Waals surface area contributed by atoms with Crippen LogP contribution in [0.25, 0.3) is 0 Å². The number of carbonyl (C=O) groups is 1. The second-order valence-corrected chi connectivity index (χ2v) is 5.19. The molecule has 1 aromatic heterocycles. The third-order valence-corrected chi connectivity index (χ3v) is 3.41. The van der Waals surface area contributed by atoms with Crippen LogP contribution in [0, 0.1) is 6.92 Å². The first kappa shape index (κ1) is 13.5. The van der Waals surface area contributed by atoms with Gasteiger partial charge in [-0.1, -0.05) is 12.1 Å². The first-order valence-corrected chi connectivity index (χ1v) is 6.81. The number of nitrogens with one attached hydrogen (secondary N) is 1. The summed E-state index contributed by atoms with van der Waals surface area (Å²) in [4.78, 5) is 12.8. The molecule has 0 aliphatic carbocycles. The van der Waals surface area contributed by atoms with Crippen LogP contribution < -0.4 is 10.1 Å². The van der Waals surface area contributed by atoms with Crippen LogP contribution >= 0.6 is 11.5 Å². The van der Waals surface area contributed by atoms with E-state index in [-0.39, 0.29) is 5.91 Å². The summed E-state index contributed by atoms with van der Waals surface area (Å²) in [6.45, 7) is 2.54. The summed E-state index contributed by atoms with van der Waals surface area (Å²) in [5, 5.41) is 2.86. The monoisotopic (exact) mass is 276 g/mol. The van der Waals surface area contributed by atoms with Crippen molar-refractivity contribution in [2.75, 3.05) is 13.7 Å². The number of nitrogens with zero attached hydrogens (tertiary/aromatic N) is 1. The highest BCUT2D eigenvalue weighted by molar-refractivity contribution is 7.05. The molecule has 100 valence electrons. The maximum Gasteiger partial charge on any atom is 0.271 e. The molecule has 0 saturated heterocycles. The maximum absolute atomic E-state index is 11.8. The van der Waals surface area contributed by atoms with Crippen LogP contribution in [-0.4, -0.2) is 23.9 Å². The predicted octanol–water partition coefficient (Wildman–Crippen LogP) is 2.43. The van der Waals surface area contributed by atoms with Crippen LogP contribution in [0.1, 0.15) is 20.9 Å². The van der Waals surface area contributed by atoms with Crippen molar-refractivity contribution in [3.8, 4) is 5.75 Å². The minimum atomic E-state index is -0.113. The Morgan fingerprint density at radius 3 is 2.68 bits per heavy atom. The van der Waals surface area contributed by atoms with Gasteiger partial charge in [-0.25, -0.2) is 0 Å². The lowest BCUT2D eigenvalue weighted by molar-refractivity contribution is 0.0950. The lowest BCUT2D eigenvalue weighted by Gasteiger charge is -2.04. The predicted molar refractivity (Wildman–Crippen MR) is 75.9 cm³/mol. The molecule has 0 atom stereocenters. The largest absolute Gasteiger partial charge is 0.497 e. The number of ether oxygens (including phenoxy) is 1. The van der Waals surface area contributed by atoms with Gasteiger partial charge in [0.1, 0.15) is 11.4 Å². The summed E-state index contributed by atoms with van der Waals surface area (Å²) in [6.07, 6.45) is 0.791. The summed E-state index contributed by atoms with van der Waals surface area (Å²) in [7, 11) is 1.64. The molecule has 1 amide bonds. The van der Waals surface area contributed by atoms with Gasteiger partial charge in [0.15, 0.2) is 0 Å². The van der Waals surface area contributed by atoms with Crippen molar-refractivity contribution in [1.82, 2.24) is 9.69 Å². The van der Waals surface area contributed by atoms with Gasteiger partial charge >= 0.3 is 0 Å². The van der Waals surface area contributed by atoms with Gasteiger partial charge in [-0.2, -0.15) is 4.37 Å². The minimum Gasteiger partial charge on any atom is -0.497 e. The molecule has 19 heavy (non-hydrogen) atoms. The normalized spacial score (nSPS) is 10.2. The molecule has 1 heterocycles. The van der Waals surface area contributed by atoms with Crippen LogP contribution in [-0.2, 0) is 6.42 Å². The molecule has 0 spiro atoms. The zero-order valence-corrected chi connectivity index (χ0v) is 11.8. The first-order valence-electron chi connectivity index (χ1n) is 6.03. The number of aryl methyl sites for hydroxylation is 1. The lowest BCUT2D eigenvalue weighted by Crippen LogP contribution is -2.25. The average molecular weight is 276 g/mol.